The zero-order valence-corrected chi connectivity index (χ0v) is 17.4. The smallest absolute Gasteiger partial charge is 0.354 e. The monoisotopic (exact) mass is 406 g/mol. The molecule has 0 aliphatic carbocycles. The highest BCUT2D eigenvalue weighted by Gasteiger charge is 2.17. The first-order chi connectivity index (χ1) is 14.1. The van der Waals surface area contributed by atoms with E-state index in [1.54, 1.807) is 11.8 Å². The lowest BCUT2D eigenvalue weighted by Gasteiger charge is -2.05. The summed E-state index contributed by atoms with van der Waals surface area (Å²) in [7, 11) is 1.88. The van der Waals surface area contributed by atoms with Crippen LogP contribution in [-0.2, 0) is 18.3 Å². The molecule has 4 aromatic rings. The van der Waals surface area contributed by atoms with E-state index in [0.717, 1.165) is 26.5 Å². The average Bonchev–Trinajstić information content (AvgIpc) is 3.25. The van der Waals surface area contributed by atoms with Crippen LogP contribution in [0.5, 0.6) is 0 Å². The van der Waals surface area contributed by atoms with Gasteiger partial charge in [0.25, 0.3) is 0 Å². The Bertz CT molecular complexity index is 1160. The lowest BCUT2D eigenvalue weighted by molar-refractivity contribution is 0.0515. The molecule has 6 nitrogen and oxygen atoms in total. The van der Waals surface area contributed by atoms with Gasteiger partial charge in [-0.25, -0.2) is 9.48 Å². The summed E-state index contributed by atoms with van der Waals surface area (Å²) >= 11 is 1.62. The SMILES string of the molecule is CCOC(=O)c1cc(Sc2ccc3nnn(Cc4ccccc4)c3c2)c(C)n1C. The van der Waals surface area contributed by atoms with Crippen LogP contribution in [0.3, 0.4) is 0 Å². The quantitative estimate of drug-likeness (QED) is 0.443. The van der Waals surface area contributed by atoms with Crippen LogP contribution in [0.1, 0.15) is 28.7 Å². The second kappa shape index (κ2) is 8.13. The number of esters is 1. The highest BCUT2D eigenvalue weighted by atomic mass is 32.2. The van der Waals surface area contributed by atoms with Crippen LogP contribution in [0.2, 0.25) is 0 Å². The minimum Gasteiger partial charge on any atom is -0.461 e. The van der Waals surface area contributed by atoms with Gasteiger partial charge in [0.05, 0.1) is 18.7 Å². The van der Waals surface area contributed by atoms with Gasteiger partial charge in [0, 0.05) is 22.5 Å². The van der Waals surface area contributed by atoms with Crippen molar-refractivity contribution in [1.82, 2.24) is 19.6 Å². The number of nitrogens with zero attached hydrogens (tertiary/aromatic N) is 4. The molecule has 0 saturated heterocycles. The molecule has 2 heterocycles. The Morgan fingerprint density at radius 3 is 2.69 bits per heavy atom. The van der Waals surface area contributed by atoms with Gasteiger partial charge in [-0.05, 0) is 43.7 Å². The maximum absolute atomic E-state index is 12.2. The number of hydrogen-bond acceptors (Lipinski definition) is 5. The second-order valence-electron chi connectivity index (χ2n) is 6.74. The summed E-state index contributed by atoms with van der Waals surface area (Å²) < 4.78 is 8.95. The number of hydrogen-bond donors (Lipinski definition) is 0. The van der Waals surface area contributed by atoms with Crippen molar-refractivity contribution in [3.63, 3.8) is 0 Å². The van der Waals surface area contributed by atoms with E-state index in [1.165, 1.54) is 5.56 Å². The Hall–Kier alpha value is -3.06. The number of aromatic nitrogens is 4. The second-order valence-corrected chi connectivity index (χ2v) is 7.86. The summed E-state index contributed by atoms with van der Waals surface area (Å²) in [5.74, 6) is -0.300. The Labute approximate surface area is 173 Å². The fraction of sp³-hybridized carbons (Fsp3) is 0.227. The topological polar surface area (TPSA) is 61.9 Å². The van der Waals surface area contributed by atoms with Crippen LogP contribution in [0.4, 0.5) is 0 Å². The molecule has 0 radical (unpaired) electrons. The van der Waals surface area contributed by atoms with Crippen LogP contribution in [-0.4, -0.2) is 32.1 Å². The third kappa shape index (κ3) is 3.91. The molecule has 7 heteroatoms. The molecule has 0 saturated carbocycles. The first-order valence-electron chi connectivity index (χ1n) is 9.45. The van der Waals surface area contributed by atoms with Gasteiger partial charge in [-0.1, -0.05) is 47.3 Å². The van der Waals surface area contributed by atoms with E-state index in [2.05, 4.69) is 28.5 Å². The molecule has 0 fully saturated rings. The third-order valence-corrected chi connectivity index (χ3v) is 5.98. The normalized spacial score (nSPS) is 11.1. The van der Waals surface area contributed by atoms with E-state index < -0.39 is 0 Å². The van der Waals surface area contributed by atoms with Crippen molar-refractivity contribution in [3.8, 4) is 0 Å². The number of rotatable bonds is 6. The molecule has 0 atom stereocenters. The molecular weight excluding hydrogens is 384 g/mol. The van der Waals surface area contributed by atoms with Crippen molar-refractivity contribution in [3.05, 3.63) is 71.5 Å². The zero-order chi connectivity index (χ0) is 20.4. The van der Waals surface area contributed by atoms with Gasteiger partial charge in [-0.2, -0.15) is 0 Å². The van der Waals surface area contributed by atoms with Crippen LogP contribution in [0.15, 0.2) is 64.4 Å². The molecule has 0 unspecified atom stereocenters. The molecule has 0 bridgehead atoms. The summed E-state index contributed by atoms with van der Waals surface area (Å²) in [5.41, 5.74) is 4.61. The van der Waals surface area contributed by atoms with Gasteiger partial charge in [0.1, 0.15) is 11.2 Å². The fourth-order valence-electron chi connectivity index (χ4n) is 3.18. The van der Waals surface area contributed by atoms with Crippen LogP contribution in [0.25, 0.3) is 11.0 Å². The molecule has 148 valence electrons. The molecule has 0 N–H and O–H groups in total. The maximum atomic E-state index is 12.2. The average molecular weight is 407 g/mol. The lowest BCUT2D eigenvalue weighted by atomic mass is 10.2. The van der Waals surface area contributed by atoms with Crippen molar-refractivity contribution >= 4 is 28.8 Å². The van der Waals surface area contributed by atoms with Crippen LogP contribution < -0.4 is 0 Å². The summed E-state index contributed by atoms with van der Waals surface area (Å²) in [6, 6.07) is 18.2. The fourth-order valence-corrected chi connectivity index (χ4v) is 4.20. The summed E-state index contributed by atoms with van der Waals surface area (Å²) in [5, 5.41) is 8.59. The summed E-state index contributed by atoms with van der Waals surface area (Å²) in [4.78, 5) is 14.3. The van der Waals surface area contributed by atoms with Gasteiger partial charge in [-0.3, -0.25) is 0 Å². The molecule has 0 amide bonds. The van der Waals surface area contributed by atoms with Crippen molar-refractivity contribution in [2.75, 3.05) is 6.61 Å². The van der Waals surface area contributed by atoms with E-state index in [9.17, 15) is 4.79 Å². The Kier molecular flexibility index (Phi) is 5.40. The molecule has 2 aromatic heterocycles. The Balaban J connectivity index is 1.63. The number of fused-ring (bicyclic) bond motifs is 1. The highest BCUT2D eigenvalue weighted by Crippen LogP contribution is 2.34. The van der Waals surface area contributed by atoms with Crippen molar-refractivity contribution in [2.24, 2.45) is 7.05 Å². The Morgan fingerprint density at radius 2 is 1.93 bits per heavy atom. The standard InChI is InChI=1S/C22H22N4O2S/c1-4-28-22(27)20-13-21(15(2)25(20)3)29-17-10-11-18-19(12-17)26(24-23-18)14-16-8-6-5-7-9-16/h5-13H,4,14H2,1-3H3. The van der Waals surface area contributed by atoms with Crippen LogP contribution >= 0.6 is 11.8 Å². The lowest BCUT2D eigenvalue weighted by Crippen LogP contribution is -2.10. The summed E-state index contributed by atoms with van der Waals surface area (Å²) in [6.07, 6.45) is 0. The third-order valence-electron chi connectivity index (χ3n) is 4.86. The predicted octanol–water partition coefficient (Wildman–Crippen LogP) is 4.45. The molecule has 0 aliphatic rings. The summed E-state index contributed by atoms with van der Waals surface area (Å²) in [6.45, 7) is 4.85. The predicted molar refractivity (Wildman–Crippen MR) is 113 cm³/mol. The largest absolute Gasteiger partial charge is 0.461 e. The molecule has 0 aliphatic heterocycles. The van der Waals surface area contributed by atoms with Gasteiger partial charge < -0.3 is 9.30 Å². The first-order valence-corrected chi connectivity index (χ1v) is 10.3. The zero-order valence-electron chi connectivity index (χ0n) is 16.6. The van der Waals surface area contributed by atoms with E-state index in [0.29, 0.717) is 18.8 Å². The van der Waals surface area contributed by atoms with E-state index in [1.807, 2.05) is 66.5 Å². The molecular formula is C22H22N4O2S. The number of carbonyl (C=O) groups excluding carboxylic acids is 1. The van der Waals surface area contributed by atoms with E-state index in [-0.39, 0.29) is 5.97 Å². The van der Waals surface area contributed by atoms with Crippen molar-refractivity contribution in [2.45, 2.75) is 30.2 Å². The first kappa shape index (κ1) is 19.3. The van der Waals surface area contributed by atoms with E-state index in [4.69, 9.17) is 4.74 Å². The maximum Gasteiger partial charge on any atom is 0.354 e. The van der Waals surface area contributed by atoms with Crippen LogP contribution in [0, 0.1) is 6.92 Å². The van der Waals surface area contributed by atoms with Gasteiger partial charge in [0.15, 0.2) is 0 Å². The number of benzene rings is 2. The minimum atomic E-state index is -0.300. The van der Waals surface area contributed by atoms with Gasteiger partial charge in [0.2, 0.25) is 0 Å². The van der Waals surface area contributed by atoms with Crippen molar-refractivity contribution < 1.29 is 9.53 Å². The highest BCUT2D eigenvalue weighted by molar-refractivity contribution is 7.99. The van der Waals surface area contributed by atoms with Gasteiger partial charge in [-0.15, -0.1) is 5.10 Å². The number of carbonyl (C=O) groups is 1. The van der Waals surface area contributed by atoms with Gasteiger partial charge >= 0.3 is 5.97 Å². The van der Waals surface area contributed by atoms with Crippen molar-refractivity contribution in [1.29, 1.82) is 0 Å². The molecule has 0 spiro atoms. The molecule has 2 aromatic carbocycles. The Morgan fingerprint density at radius 1 is 1.14 bits per heavy atom. The molecule has 29 heavy (non-hydrogen) atoms. The van der Waals surface area contributed by atoms with E-state index >= 15 is 0 Å². The minimum absolute atomic E-state index is 0.300. The number of ether oxygens (including phenoxy) is 1. The molecule has 4 rings (SSSR count).